The zero-order valence-electron chi connectivity index (χ0n) is 5.97. The largest absolute Gasteiger partial charge is 1.00 e. The fourth-order valence-electron chi connectivity index (χ4n) is 0. The Morgan fingerprint density at radius 3 is 1.78 bits per heavy atom. The van der Waals surface area contributed by atoms with Gasteiger partial charge in [0.25, 0.3) is 0 Å². The van der Waals surface area contributed by atoms with Crippen LogP contribution in [0.5, 0.6) is 0 Å². The Balaban J connectivity index is -0.0000000800. The molecule has 0 aromatic rings. The first kappa shape index (κ1) is 16.1. The van der Waals surface area contributed by atoms with Gasteiger partial charge in [0.05, 0.1) is 0 Å². The van der Waals surface area contributed by atoms with Gasteiger partial charge in [-0.25, -0.2) is 0 Å². The summed E-state index contributed by atoms with van der Waals surface area (Å²) < 4.78 is 0. The molecule has 0 atom stereocenters. The zero-order chi connectivity index (χ0) is 6.99. The topological polar surface area (TPSA) is 54.4 Å². The number of aliphatic carboxylic acids is 1. The van der Waals surface area contributed by atoms with Crippen LogP contribution >= 0.6 is 0 Å². The van der Waals surface area contributed by atoms with E-state index < -0.39 is 5.97 Å². The van der Waals surface area contributed by atoms with Gasteiger partial charge in [0.1, 0.15) is 0 Å². The monoisotopic (exact) mass is 140 g/mol. The Bertz CT molecular complexity index is 72.6. The minimum Gasteiger partial charge on any atom is -0.542 e. The van der Waals surface area contributed by atoms with Gasteiger partial charge in [-0.1, -0.05) is 6.92 Å². The van der Waals surface area contributed by atoms with E-state index in [0.29, 0.717) is 0 Å². The second-order valence-electron chi connectivity index (χ2n) is 0.951. The van der Waals surface area contributed by atoms with Gasteiger partial charge in [0.2, 0.25) is 0 Å². The van der Waals surface area contributed by atoms with Gasteiger partial charge in [-0.2, -0.15) is 6.92 Å². The van der Waals surface area contributed by atoms with Crippen LogP contribution in [0.15, 0.2) is 0 Å². The van der Waals surface area contributed by atoms with Crippen molar-refractivity contribution in [1.29, 1.82) is 0 Å². The van der Waals surface area contributed by atoms with Crippen molar-refractivity contribution >= 4 is 12.3 Å². The molecule has 48 valence electrons. The van der Waals surface area contributed by atoms with Gasteiger partial charge in [-0.15, -0.1) is 0 Å². The fourth-order valence-corrected chi connectivity index (χ4v) is 0. The normalized spacial score (nSPS) is 5.56. The molecule has 0 bridgehead atoms. The van der Waals surface area contributed by atoms with Crippen LogP contribution in [-0.2, 0) is 9.59 Å². The van der Waals surface area contributed by atoms with E-state index in [1.165, 1.54) is 13.2 Å². The van der Waals surface area contributed by atoms with Gasteiger partial charge < -0.3 is 9.90 Å². The van der Waals surface area contributed by atoms with E-state index in [9.17, 15) is 4.79 Å². The first-order valence-electron chi connectivity index (χ1n) is 2.19. The molecule has 0 spiro atoms. The summed E-state index contributed by atoms with van der Waals surface area (Å²) >= 11 is 0. The molecule has 0 unspecified atom stereocenters. The van der Waals surface area contributed by atoms with Gasteiger partial charge in [-0.05, 0) is 0 Å². The van der Waals surface area contributed by atoms with Crippen LogP contribution in [0.2, 0.25) is 0 Å². The molecule has 0 aliphatic rings. The van der Waals surface area contributed by atoms with Crippen molar-refractivity contribution < 1.29 is 44.3 Å². The molecule has 0 rings (SSSR count). The molecule has 3 nitrogen and oxygen atoms in total. The summed E-state index contributed by atoms with van der Waals surface area (Å²) in [5, 5.41) is 7.72. The maximum Gasteiger partial charge on any atom is 1.00 e. The summed E-state index contributed by atoms with van der Waals surface area (Å²) in [5.74, 6) is -0.745. The van der Waals surface area contributed by atoms with Crippen LogP contribution in [0.3, 0.4) is 0 Å². The molecule has 1 N–H and O–H groups in total. The molecule has 0 saturated carbocycles. The molecule has 0 saturated heterocycles. The van der Waals surface area contributed by atoms with Gasteiger partial charge in [-0.3, -0.25) is 11.1 Å². The summed E-state index contributed by atoms with van der Waals surface area (Å²) in [4.78, 5) is 18.0. The van der Waals surface area contributed by atoms with Crippen molar-refractivity contribution in [3.05, 3.63) is 0 Å². The molecule has 0 aliphatic heterocycles. The standard InChI is InChI=1S/C3H6O2.C2H3O.Na/c1-2-3(4)5;1-2-3;/h2H2,1H3,(H,4,5);1H3;/q;-1;+1. The van der Waals surface area contributed by atoms with Crippen LogP contribution in [0, 0.1) is 0 Å². The van der Waals surface area contributed by atoms with Crippen molar-refractivity contribution in [2.24, 2.45) is 0 Å². The second-order valence-corrected chi connectivity index (χ2v) is 0.951. The summed E-state index contributed by atoms with van der Waals surface area (Å²) in [7, 11) is 0. The number of rotatable bonds is 1. The maximum atomic E-state index is 9.37. The van der Waals surface area contributed by atoms with Crippen molar-refractivity contribution in [3.8, 4) is 0 Å². The van der Waals surface area contributed by atoms with Crippen LogP contribution in [-0.4, -0.2) is 17.4 Å². The Labute approximate surface area is 76.7 Å². The van der Waals surface area contributed by atoms with Gasteiger partial charge in [0.15, 0.2) is 0 Å². The zero-order valence-corrected chi connectivity index (χ0v) is 7.97. The van der Waals surface area contributed by atoms with E-state index in [1.54, 1.807) is 6.92 Å². The molecule has 0 aromatic heterocycles. The summed E-state index contributed by atoms with van der Waals surface area (Å²) in [6.07, 6.45) is 1.72. The second kappa shape index (κ2) is 15.7. The number of carbonyl (C=O) groups excluding carboxylic acids is 1. The van der Waals surface area contributed by atoms with Crippen molar-refractivity contribution in [2.45, 2.75) is 20.3 Å². The molecular formula is C5H9NaO3. The smallest absolute Gasteiger partial charge is 0.542 e. The van der Waals surface area contributed by atoms with Crippen molar-refractivity contribution in [3.63, 3.8) is 0 Å². The molecule has 0 aromatic carbocycles. The molecule has 0 aliphatic carbocycles. The molecule has 9 heavy (non-hydrogen) atoms. The molecule has 0 fully saturated rings. The number of hydrogen-bond donors (Lipinski definition) is 1. The van der Waals surface area contributed by atoms with Crippen LogP contribution in [0.4, 0.5) is 0 Å². The predicted molar refractivity (Wildman–Crippen MR) is 29.3 cm³/mol. The molecular weight excluding hydrogens is 131 g/mol. The maximum absolute atomic E-state index is 9.37. The van der Waals surface area contributed by atoms with E-state index in [1.807, 2.05) is 0 Å². The average molecular weight is 140 g/mol. The van der Waals surface area contributed by atoms with E-state index in [0.717, 1.165) is 0 Å². The number of carbonyl (C=O) groups is 1. The third kappa shape index (κ3) is 67.0. The Hall–Kier alpha value is 0.140. The first-order valence-corrected chi connectivity index (χ1v) is 2.19. The number of carboxylic acids is 1. The number of carboxylic acid groups (broad SMARTS) is 1. The van der Waals surface area contributed by atoms with E-state index in [-0.39, 0.29) is 36.0 Å². The Morgan fingerprint density at radius 2 is 1.78 bits per heavy atom. The third-order valence-corrected chi connectivity index (χ3v) is 0.302. The third-order valence-electron chi connectivity index (χ3n) is 0.302. The Kier molecular flexibility index (Phi) is 28.0. The van der Waals surface area contributed by atoms with E-state index in [2.05, 4.69) is 0 Å². The quantitative estimate of drug-likeness (QED) is 0.326. The average Bonchev–Trinajstić information content (AvgIpc) is 1.69. The van der Waals surface area contributed by atoms with Crippen molar-refractivity contribution in [1.82, 2.24) is 0 Å². The van der Waals surface area contributed by atoms with Crippen LogP contribution < -0.4 is 29.6 Å². The fraction of sp³-hybridized carbons (Fsp3) is 0.600. The van der Waals surface area contributed by atoms with Crippen LogP contribution in [0.25, 0.3) is 0 Å². The summed E-state index contributed by atoms with van der Waals surface area (Å²) in [6.45, 7) is 2.92. The SMILES string of the molecule is CCC(=O)O.C[C-]=O.[Na+]. The minimum atomic E-state index is -0.745. The molecule has 0 heterocycles. The predicted octanol–water partition coefficient (Wildman–Crippen LogP) is -2.40. The van der Waals surface area contributed by atoms with Gasteiger partial charge >= 0.3 is 35.5 Å². The van der Waals surface area contributed by atoms with Gasteiger partial charge in [0, 0.05) is 6.42 Å². The first-order chi connectivity index (χ1) is 3.68. The van der Waals surface area contributed by atoms with E-state index >= 15 is 0 Å². The summed E-state index contributed by atoms with van der Waals surface area (Å²) in [6, 6.07) is 0. The van der Waals surface area contributed by atoms with Crippen molar-refractivity contribution in [2.75, 3.05) is 0 Å². The number of hydrogen-bond acceptors (Lipinski definition) is 2. The molecule has 0 radical (unpaired) electrons. The summed E-state index contributed by atoms with van der Waals surface area (Å²) in [5.41, 5.74) is 0. The molecule has 4 heteroatoms. The minimum absolute atomic E-state index is 0. The molecule has 0 amide bonds. The van der Waals surface area contributed by atoms with E-state index in [4.69, 9.17) is 9.90 Å². The van der Waals surface area contributed by atoms with Crippen LogP contribution in [0.1, 0.15) is 20.3 Å². The Morgan fingerprint density at radius 1 is 1.67 bits per heavy atom.